The molecule has 6 nitrogen and oxygen atoms in total. The summed E-state index contributed by atoms with van der Waals surface area (Å²) in [6.45, 7) is 0.548. The lowest BCUT2D eigenvalue weighted by atomic mass is 10.1. The molecule has 0 bridgehead atoms. The second kappa shape index (κ2) is 4.46. The molecule has 98 valence electrons. The third kappa shape index (κ3) is 1.99. The van der Waals surface area contributed by atoms with Gasteiger partial charge >= 0.3 is 0 Å². The van der Waals surface area contributed by atoms with E-state index in [4.69, 9.17) is 0 Å². The number of pyridine rings is 1. The number of aromatic nitrogens is 3. The quantitative estimate of drug-likeness (QED) is 0.750. The fraction of sp³-hybridized carbons (Fsp3) is 0.385. The van der Waals surface area contributed by atoms with E-state index in [1.54, 1.807) is 41.3 Å². The van der Waals surface area contributed by atoms with Crippen molar-refractivity contribution in [3.8, 4) is 0 Å². The Balaban J connectivity index is 2.04. The van der Waals surface area contributed by atoms with E-state index in [0.29, 0.717) is 30.3 Å². The summed E-state index contributed by atoms with van der Waals surface area (Å²) in [7, 11) is 1.76. The molecular formula is C13H14N4O2. The van der Waals surface area contributed by atoms with Crippen LogP contribution in [0.2, 0.25) is 0 Å². The molecule has 1 atom stereocenters. The van der Waals surface area contributed by atoms with Crippen LogP contribution in [0.15, 0.2) is 29.6 Å². The van der Waals surface area contributed by atoms with Crippen molar-refractivity contribution in [2.24, 2.45) is 0 Å². The van der Waals surface area contributed by atoms with Gasteiger partial charge in [-0.15, -0.1) is 0 Å². The van der Waals surface area contributed by atoms with Gasteiger partial charge in [0.2, 0.25) is 5.91 Å². The average Bonchev–Trinajstić information content (AvgIpc) is 2.43. The number of carbonyl (C=O) groups is 1. The summed E-state index contributed by atoms with van der Waals surface area (Å²) in [4.78, 5) is 33.8. The second-order valence-electron chi connectivity index (χ2n) is 4.82. The SMILES string of the molecule is CN1CC(n2cnc3ccncc3c2=O)CCC1=O. The van der Waals surface area contributed by atoms with E-state index in [0.717, 1.165) is 0 Å². The van der Waals surface area contributed by atoms with Gasteiger partial charge in [0.25, 0.3) is 5.56 Å². The topological polar surface area (TPSA) is 68.1 Å². The highest BCUT2D eigenvalue weighted by molar-refractivity contribution is 5.77. The van der Waals surface area contributed by atoms with Crippen molar-refractivity contribution in [2.45, 2.75) is 18.9 Å². The van der Waals surface area contributed by atoms with Crippen LogP contribution in [-0.2, 0) is 4.79 Å². The minimum absolute atomic E-state index is 0.00712. The monoisotopic (exact) mass is 258 g/mol. The number of rotatable bonds is 1. The molecule has 3 rings (SSSR count). The normalized spacial score (nSPS) is 19.9. The minimum atomic E-state index is -0.0918. The van der Waals surface area contributed by atoms with Crippen LogP contribution >= 0.6 is 0 Å². The molecule has 6 heteroatoms. The zero-order valence-corrected chi connectivity index (χ0v) is 10.6. The molecule has 2 aromatic heterocycles. The zero-order chi connectivity index (χ0) is 13.4. The summed E-state index contributed by atoms with van der Waals surface area (Å²) in [6, 6.07) is 1.71. The molecular weight excluding hydrogens is 244 g/mol. The lowest BCUT2D eigenvalue weighted by Gasteiger charge is -2.30. The number of piperidine rings is 1. The highest BCUT2D eigenvalue weighted by Crippen LogP contribution is 2.20. The Bertz CT molecular complexity index is 694. The van der Waals surface area contributed by atoms with Crippen LogP contribution in [-0.4, -0.2) is 38.9 Å². The summed E-state index contributed by atoms with van der Waals surface area (Å²) < 4.78 is 1.62. The highest BCUT2D eigenvalue weighted by Gasteiger charge is 2.25. The Labute approximate surface area is 109 Å². The van der Waals surface area contributed by atoms with Gasteiger partial charge < -0.3 is 4.90 Å². The number of likely N-dealkylation sites (tertiary alicyclic amines) is 1. The molecule has 0 N–H and O–H groups in total. The number of fused-ring (bicyclic) bond motifs is 1. The minimum Gasteiger partial charge on any atom is -0.344 e. The lowest BCUT2D eigenvalue weighted by molar-refractivity contribution is -0.132. The molecule has 0 radical (unpaired) electrons. The molecule has 1 aliphatic heterocycles. The molecule has 1 fully saturated rings. The summed E-state index contributed by atoms with van der Waals surface area (Å²) in [5, 5.41) is 0.518. The number of amides is 1. The number of nitrogens with zero attached hydrogens (tertiary/aromatic N) is 4. The lowest BCUT2D eigenvalue weighted by Crippen LogP contribution is -2.40. The smallest absolute Gasteiger partial charge is 0.263 e. The van der Waals surface area contributed by atoms with Crippen molar-refractivity contribution in [3.63, 3.8) is 0 Å². The van der Waals surface area contributed by atoms with Crippen molar-refractivity contribution in [1.82, 2.24) is 19.4 Å². The molecule has 3 heterocycles. The van der Waals surface area contributed by atoms with E-state index in [1.807, 2.05) is 0 Å². The number of carbonyl (C=O) groups excluding carboxylic acids is 1. The van der Waals surface area contributed by atoms with E-state index in [9.17, 15) is 9.59 Å². The molecule has 1 saturated heterocycles. The first-order valence-electron chi connectivity index (χ1n) is 6.21. The average molecular weight is 258 g/mol. The van der Waals surface area contributed by atoms with Gasteiger partial charge in [-0.05, 0) is 12.5 Å². The van der Waals surface area contributed by atoms with Gasteiger partial charge in [0.1, 0.15) is 0 Å². The summed E-state index contributed by atoms with van der Waals surface area (Å²) in [6.07, 6.45) is 5.87. The molecule has 1 unspecified atom stereocenters. The van der Waals surface area contributed by atoms with Crippen LogP contribution in [0.4, 0.5) is 0 Å². The van der Waals surface area contributed by atoms with Gasteiger partial charge in [-0.3, -0.25) is 19.1 Å². The van der Waals surface area contributed by atoms with Gasteiger partial charge in [-0.2, -0.15) is 0 Å². The second-order valence-corrected chi connectivity index (χ2v) is 4.82. The van der Waals surface area contributed by atoms with Crippen LogP contribution in [0.25, 0.3) is 10.9 Å². The summed E-state index contributed by atoms with van der Waals surface area (Å²) >= 11 is 0. The fourth-order valence-corrected chi connectivity index (χ4v) is 2.46. The number of hydrogen-bond acceptors (Lipinski definition) is 4. The first kappa shape index (κ1) is 11.8. The third-order valence-corrected chi connectivity index (χ3v) is 3.58. The van der Waals surface area contributed by atoms with Gasteiger partial charge in [0, 0.05) is 32.4 Å². The molecule has 1 amide bonds. The van der Waals surface area contributed by atoms with E-state index in [1.165, 1.54) is 0 Å². The predicted octanol–water partition coefficient (Wildman–Crippen LogP) is 0.585. The first-order chi connectivity index (χ1) is 9.16. The predicted molar refractivity (Wildman–Crippen MR) is 69.7 cm³/mol. The molecule has 0 spiro atoms. The van der Waals surface area contributed by atoms with Gasteiger partial charge in [-0.25, -0.2) is 4.98 Å². The van der Waals surface area contributed by atoms with Crippen molar-refractivity contribution < 1.29 is 4.79 Å². The molecule has 0 saturated carbocycles. The zero-order valence-electron chi connectivity index (χ0n) is 10.6. The molecule has 0 aliphatic carbocycles. The fourth-order valence-electron chi connectivity index (χ4n) is 2.46. The van der Waals surface area contributed by atoms with Gasteiger partial charge in [-0.1, -0.05) is 0 Å². The van der Waals surface area contributed by atoms with Crippen molar-refractivity contribution >= 4 is 16.8 Å². The van der Waals surface area contributed by atoms with Crippen molar-refractivity contribution in [1.29, 1.82) is 0 Å². The molecule has 19 heavy (non-hydrogen) atoms. The largest absolute Gasteiger partial charge is 0.344 e. The Morgan fingerprint density at radius 1 is 1.37 bits per heavy atom. The Morgan fingerprint density at radius 3 is 3.00 bits per heavy atom. The van der Waals surface area contributed by atoms with Gasteiger partial charge in [0.15, 0.2) is 0 Å². The van der Waals surface area contributed by atoms with E-state index < -0.39 is 0 Å². The number of hydrogen-bond donors (Lipinski definition) is 0. The standard InChI is InChI=1S/C13H14N4O2/c1-16-7-9(2-3-12(16)18)17-8-15-11-4-5-14-6-10(11)13(17)19/h4-6,8-9H,2-3,7H2,1H3. The summed E-state index contributed by atoms with van der Waals surface area (Å²) in [5.41, 5.74) is 0.558. The third-order valence-electron chi connectivity index (χ3n) is 3.58. The molecule has 2 aromatic rings. The summed E-state index contributed by atoms with van der Waals surface area (Å²) in [5.74, 6) is 0.125. The maximum atomic E-state index is 12.4. The van der Waals surface area contributed by atoms with E-state index >= 15 is 0 Å². The molecule has 1 aliphatic rings. The maximum Gasteiger partial charge on any atom is 0.263 e. The highest BCUT2D eigenvalue weighted by atomic mass is 16.2. The van der Waals surface area contributed by atoms with Gasteiger partial charge in [0.05, 0.1) is 23.3 Å². The maximum absolute atomic E-state index is 12.4. The first-order valence-corrected chi connectivity index (χ1v) is 6.21. The van der Waals surface area contributed by atoms with Crippen LogP contribution < -0.4 is 5.56 Å². The van der Waals surface area contributed by atoms with Crippen LogP contribution in [0.5, 0.6) is 0 Å². The van der Waals surface area contributed by atoms with E-state index in [2.05, 4.69) is 9.97 Å². The van der Waals surface area contributed by atoms with Crippen LogP contribution in [0.3, 0.4) is 0 Å². The number of likely N-dealkylation sites (N-methyl/N-ethyl adjacent to an activating group) is 1. The Morgan fingerprint density at radius 2 is 2.21 bits per heavy atom. The van der Waals surface area contributed by atoms with Crippen molar-refractivity contribution in [3.05, 3.63) is 35.1 Å². The van der Waals surface area contributed by atoms with E-state index in [-0.39, 0.29) is 17.5 Å². The van der Waals surface area contributed by atoms with Crippen LogP contribution in [0.1, 0.15) is 18.9 Å². The van der Waals surface area contributed by atoms with Crippen molar-refractivity contribution in [2.75, 3.05) is 13.6 Å². The molecule has 0 aromatic carbocycles. The Kier molecular flexibility index (Phi) is 2.77. The van der Waals surface area contributed by atoms with Crippen LogP contribution in [0, 0.1) is 0 Å². The Hall–Kier alpha value is -2.24.